The first-order valence-corrected chi connectivity index (χ1v) is 6.50. The summed E-state index contributed by atoms with van der Waals surface area (Å²) in [7, 11) is 0. The Kier molecular flexibility index (Phi) is 3.91. The molecule has 100 valence electrons. The van der Waals surface area contributed by atoms with Gasteiger partial charge < -0.3 is 11.1 Å². The second-order valence-electron chi connectivity index (χ2n) is 3.79. The predicted molar refractivity (Wildman–Crippen MR) is 74.1 cm³/mol. The summed E-state index contributed by atoms with van der Waals surface area (Å²) in [6.07, 6.45) is 2.73. The van der Waals surface area contributed by atoms with Gasteiger partial charge in [0.25, 0.3) is 0 Å². The maximum atomic E-state index is 10.9. The van der Waals surface area contributed by atoms with Crippen LogP contribution in [0.3, 0.4) is 0 Å². The molecule has 0 saturated carbocycles. The summed E-state index contributed by atoms with van der Waals surface area (Å²) in [5, 5.41) is 14.6. The summed E-state index contributed by atoms with van der Waals surface area (Å²) in [6.45, 7) is 2.44. The van der Waals surface area contributed by atoms with Gasteiger partial charge in [0.05, 0.1) is 11.5 Å². The molecule has 0 fully saturated rings. The summed E-state index contributed by atoms with van der Waals surface area (Å²) in [5.41, 5.74) is 5.44. The van der Waals surface area contributed by atoms with E-state index in [4.69, 9.17) is 5.73 Å². The molecule has 0 aromatic carbocycles. The zero-order valence-corrected chi connectivity index (χ0v) is 11.1. The highest BCUT2D eigenvalue weighted by atomic mass is 32.1. The minimum Gasteiger partial charge on any atom is -0.384 e. The van der Waals surface area contributed by atoms with Gasteiger partial charge in [-0.3, -0.25) is 10.1 Å². The van der Waals surface area contributed by atoms with E-state index in [2.05, 4.69) is 22.2 Å². The van der Waals surface area contributed by atoms with Crippen molar-refractivity contribution in [2.75, 3.05) is 11.1 Å². The van der Waals surface area contributed by atoms with Crippen LogP contribution >= 0.6 is 11.3 Å². The molecule has 0 spiro atoms. The molecule has 0 saturated heterocycles. The lowest BCUT2D eigenvalue weighted by molar-refractivity contribution is -0.384. The van der Waals surface area contributed by atoms with Crippen molar-refractivity contribution in [1.82, 2.24) is 9.97 Å². The molecule has 0 aliphatic carbocycles. The average Bonchev–Trinajstić information content (AvgIpc) is 2.84. The number of rotatable bonds is 5. The Morgan fingerprint density at radius 1 is 1.53 bits per heavy atom. The van der Waals surface area contributed by atoms with E-state index in [1.807, 2.05) is 6.20 Å². The fourth-order valence-corrected chi connectivity index (χ4v) is 2.30. The lowest BCUT2D eigenvalue weighted by Crippen LogP contribution is -2.05. The molecular weight excluding hydrogens is 266 g/mol. The normalized spacial score (nSPS) is 10.4. The van der Waals surface area contributed by atoms with E-state index in [1.165, 1.54) is 17.0 Å². The Balaban J connectivity index is 2.14. The number of nitrogens with one attached hydrogen (secondary N) is 1. The quantitative estimate of drug-likeness (QED) is 0.641. The third kappa shape index (κ3) is 3.16. The standard InChI is InChI=1S/C11H13N5O2S/c1-2-7-5-13-10(19-7)6-14-11-8(16(17)18)3-4-9(12)15-11/h3-5H,2,6H2,1H3,(H3,12,14,15). The monoisotopic (exact) mass is 279 g/mol. The van der Waals surface area contributed by atoms with Crippen molar-refractivity contribution in [2.24, 2.45) is 0 Å². The third-order valence-electron chi connectivity index (χ3n) is 2.45. The van der Waals surface area contributed by atoms with Crippen molar-refractivity contribution < 1.29 is 4.92 Å². The number of anilines is 2. The van der Waals surface area contributed by atoms with Gasteiger partial charge in [-0.15, -0.1) is 11.3 Å². The van der Waals surface area contributed by atoms with Gasteiger partial charge in [-0.1, -0.05) is 6.92 Å². The van der Waals surface area contributed by atoms with Crippen LogP contribution in [0.25, 0.3) is 0 Å². The topological polar surface area (TPSA) is 107 Å². The van der Waals surface area contributed by atoms with Crippen LogP contribution in [0.2, 0.25) is 0 Å². The molecule has 0 atom stereocenters. The van der Waals surface area contributed by atoms with Gasteiger partial charge in [-0.2, -0.15) is 0 Å². The highest BCUT2D eigenvalue weighted by molar-refractivity contribution is 7.11. The van der Waals surface area contributed by atoms with Crippen LogP contribution in [0, 0.1) is 10.1 Å². The number of nitrogen functional groups attached to an aromatic ring is 1. The molecule has 2 heterocycles. The maximum absolute atomic E-state index is 10.9. The average molecular weight is 279 g/mol. The Morgan fingerprint density at radius 3 is 2.95 bits per heavy atom. The van der Waals surface area contributed by atoms with E-state index in [0.29, 0.717) is 6.54 Å². The first kappa shape index (κ1) is 13.2. The van der Waals surface area contributed by atoms with Crippen LogP contribution in [0.15, 0.2) is 18.3 Å². The van der Waals surface area contributed by atoms with E-state index in [9.17, 15) is 10.1 Å². The fraction of sp³-hybridized carbons (Fsp3) is 0.273. The van der Waals surface area contributed by atoms with E-state index in [1.54, 1.807) is 11.3 Å². The van der Waals surface area contributed by atoms with Crippen LogP contribution < -0.4 is 11.1 Å². The number of thiazole rings is 1. The maximum Gasteiger partial charge on any atom is 0.311 e. The Morgan fingerprint density at radius 2 is 2.32 bits per heavy atom. The van der Waals surface area contributed by atoms with E-state index in [-0.39, 0.29) is 17.3 Å². The summed E-state index contributed by atoms with van der Waals surface area (Å²) < 4.78 is 0. The molecule has 2 aromatic rings. The highest BCUT2D eigenvalue weighted by Crippen LogP contribution is 2.24. The van der Waals surface area contributed by atoms with Crippen LogP contribution in [0.1, 0.15) is 16.8 Å². The highest BCUT2D eigenvalue weighted by Gasteiger charge is 2.15. The molecule has 0 unspecified atom stereocenters. The molecule has 8 heteroatoms. The fourth-order valence-electron chi connectivity index (χ4n) is 1.50. The zero-order valence-electron chi connectivity index (χ0n) is 10.3. The van der Waals surface area contributed by atoms with E-state index >= 15 is 0 Å². The number of pyridine rings is 1. The van der Waals surface area contributed by atoms with Gasteiger partial charge in [-0.25, -0.2) is 9.97 Å². The van der Waals surface area contributed by atoms with Gasteiger partial charge in [-0.05, 0) is 12.5 Å². The molecular formula is C11H13N5O2S. The Labute approximate surface area is 113 Å². The van der Waals surface area contributed by atoms with Gasteiger partial charge in [0, 0.05) is 17.1 Å². The van der Waals surface area contributed by atoms with Crippen LogP contribution in [-0.4, -0.2) is 14.9 Å². The van der Waals surface area contributed by atoms with Crippen LogP contribution in [-0.2, 0) is 13.0 Å². The number of nitro groups is 1. The van der Waals surface area contributed by atoms with Crippen LogP contribution in [0.5, 0.6) is 0 Å². The molecule has 0 amide bonds. The predicted octanol–water partition coefficient (Wildman–Crippen LogP) is 2.20. The van der Waals surface area contributed by atoms with Gasteiger partial charge in [0.1, 0.15) is 10.8 Å². The van der Waals surface area contributed by atoms with Crippen molar-refractivity contribution in [1.29, 1.82) is 0 Å². The number of nitrogens with zero attached hydrogens (tertiary/aromatic N) is 3. The lowest BCUT2D eigenvalue weighted by atomic mass is 10.3. The molecule has 2 aromatic heterocycles. The number of hydrogen-bond acceptors (Lipinski definition) is 7. The minimum absolute atomic E-state index is 0.0959. The van der Waals surface area contributed by atoms with Crippen molar-refractivity contribution >= 4 is 28.7 Å². The largest absolute Gasteiger partial charge is 0.384 e. The first-order chi connectivity index (χ1) is 9.10. The van der Waals surface area contributed by atoms with Crippen molar-refractivity contribution in [2.45, 2.75) is 19.9 Å². The van der Waals surface area contributed by atoms with Gasteiger partial charge >= 0.3 is 5.69 Å². The third-order valence-corrected chi connectivity index (χ3v) is 3.59. The summed E-state index contributed by atoms with van der Waals surface area (Å²) >= 11 is 1.57. The van der Waals surface area contributed by atoms with E-state index < -0.39 is 4.92 Å². The van der Waals surface area contributed by atoms with Crippen molar-refractivity contribution in [3.05, 3.63) is 38.3 Å². The summed E-state index contributed by atoms with van der Waals surface area (Å²) in [6, 6.07) is 2.74. The molecule has 2 rings (SSSR count). The number of hydrogen-bond donors (Lipinski definition) is 2. The molecule has 0 aliphatic rings. The zero-order chi connectivity index (χ0) is 13.8. The number of nitrogens with two attached hydrogens (primary N) is 1. The minimum atomic E-state index is -0.492. The summed E-state index contributed by atoms with van der Waals surface area (Å²) in [5.74, 6) is 0.403. The van der Waals surface area contributed by atoms with Crippen molar-refractivity contribution in [3.63, 3.8) is 0 Å². The van der Waals surface area contributed by atoms with E-state index in [0.717, 1.165) is 11.4 Å². The van der Waals surface area contributed by atoms with Crippen LogP contribution in [0.4, 0.5) is 17.3 Å². The Hall–Kier alpha value is -2.22. The second-order valence-corrected chi connectivity index (χ2v) is 4.99. The molecule has 3 N–H and O–H groups in total. The second kappa shape index (κ2) is 5.61. The molecule has 0 aliphatic heterocycles. The smallest absolute Gasteiger partial charge is 0.311 e. The first-order valence-electron chi connectivity index (χ1n) is 5.68. The van der Waals surface area contributed by atoms with Gasteiger partial charge in [0.15, 0.2) is 0 Å². The molecule has 7 nitrogen and oxygen atoms in total. The SMILES string of the molecule is CCc1cnc(CNc2nc(N)ccc2[N+](=O)[O-])s1. The molecule has 0 bridgehead atoms. The summed E-state index contributed by atoms with van der Waals surface area (Å²) in [4.78, 5) is 19.7. The number of aryl methyl sites for hydroxylation is 1. The van der Waals surface area contributed by atoms with Crippen molar-refractivity contribution in [3.8, 4) is 0 Å². The lowest BCUT2D eigenvalue weighted by Gasteiger charge is -2.04. The Bertz CT molecular complexity index is 599. The molecule has 19 heavy (non-hydrogen) atoms. The molecule has 0 radical (unpaired) electrons. The number of aromatic nitrogens is 2. The van der Waals surface area contributed by atoms with Gasteiger partial charge in [0.2, 0.25) is 5.82 Å².